The molecule has 0 aliphatic heterocycles. The highest BCUT2D eigenvalue weighted by Crippen LogP contribution is 2.18. The van der Waals surface area contributed by atoms with Gasteiger partial charge in [-0.3, -0.25) is 0 Å². The second kappa shape index (κ2) is 5.16. The zero-order valence-corrected chi connectivity index (χ0v) is 9.59. The van der Waals surface area contributed by atoms with Gasteiger partial charge in [-0.15, -0.1) is 0 Å². The van der Waals surface area contributed by atoms with Gasteiger partial charge in [-0.25, -0.2) is 13.2 Å². The van der Waals surface area contributed by atoms with E-state index in [0.717, 1.165) is 6.07 Å². The molecule has 0 radical (unpaired) electrons. The normalized spacial score (nSPS) is 10.4. The highest BCUT2D eigenvalue weighted by atomic mass is 32.1. The summed E-state index contributed by atoms with van der Waals surface area (Å²) >= 11 is 4.84. The Bertz CT molecular complexity index is 407. The van der Waals surface area contributed by atoms with Crippen LogP contribution in [0.2, 0.25) is 0 Å². The summed E-state index contributed by atoms with van der Waals surface area (Å²) in [6.45, 7) is 3.69. The fraction of sp³-hybridized carbons (Fsp3) is 0.300. The van der Waals surface area contributed by atoms with Crippen LogP contribution in [-0.2, 0) is 0 Å². The van der Waals surface area contributed by atoms with Gasteiger partial charge in [0.2, 0.25) is 0 Å². The van der Waals surface area contributed by atoms with Crippen molar-refractivity contribution in [3.63, 3.8) is 0 Å². The maximum absolute atomic E-state index is 13.2. The SMILES string of the molecule is CC(C)NC(=S)Nc1cc(F)c(F)cc1F. The molecular formula is C10H11F3N2S. The molecule has 6 heteroatoms. The summed E-state index contributed by atoms with van der Waals surface area (Å²) in [6, 6.07) is 1.25. The molecule has 0 bridgehead atoms. The summed E-state index contributed by atoms with van der Waals surface area (Å²) in [7, 11) is 0. The predicted molar refractivity (Wildman–Crippen MR) is 60.8 cm³/mol. The average molecular weight is 248 g/mol. The molecule has 1 aromatic rings. The summed E-state index contributed by atoms with van der Waals surface area (Å²) < 4.78 is 38.6. The van der Waals surface area contributed by atoms with Gasteiger partial charge in [-0.1, -0.05) is 0 Å². The van der Waals surface area contributed by atoms with E-state index >= 15 is 0 Å². The molecule has 2 nitrogen and oxygen atoms in total. The third kappa shape index (κ3) is 3.37. The van der Waals surface area contributed by atoms with Crippen LogP contribution < -0.4 is 10.6 Å². The Morgan fingerprint density at radius 3 is 2.25 bits per heavy atom. The molecule has 1 aromatic carbocycles. The smallest absolute Gasteiger partial charge is 0.171 e. The lowest BCUT2D eigenvalue weighted by molar-refractivity contribution is 0.496. The molecule has 0 unspecified atom stereocenters. The van der Waals surface area contributed by atoms with Crippen LogP contribution in [0.1, 0.15) is 13.8 Å². The van der Waals surface area contributed by atoms with Crippen molar-refractivity contribution in [2.24, 2.45) is 0 Å². The van der Waals surface area contributed by atoms with Crippen molar-refractivity contribution in [1.82, 2.24) is 5.32 Å². The van der Waals surface area contributed by atoms with Crippen LogP contribution in [0.25, 0.3) is 0 Å². The van der Waals surface area contributed by atoms with Gasteiger partial charge in [0.1, 0.15) is 5.82 Å². The Morgan fingerprint density at radius 1 is 1.12 bits per heavy atom. The highest BCUT2D eigenvalue weighted by Gasteiger charge is 2.10. The topological polar surface area (TPSA) is 24.1 Å². The minimum absolute atomic E-state index is 0.0633. The van der Waals surface area contributed by atoms with Gasteiger partial charge in [-0.2, -0.15) is 0 Å². The van der Waals surface area contributed by atoms with E-state index in [1.807, 2.05) is 13.8 Å². The van der Waals surface area contributed by atoms with Crippen molar-refractivity contribution in [2.45, 2.75) is 19.9 Å². The molecule has 0 aliphatic carbocycles. The van der Waals surface area contributed by atoms with Crippen molar-refractivity contribution in [3.8, 4) is 0 Å². The number of nitrogens with one attached hydrogen (secondary N) is 2. The molecular weight excluding hydrogens is 237 g/mol. The zero-order chi connectivity index (χ0) is 12.3. The van der Waals surface area contributed by atoms with Gasteiger partial charge in [0.15, 0.2) is 16.7 Å². The molecule has 0 saturated heterocycles. The molecule has 0 atom stereocenters. The Hall–Kier alpha value is -1.30. The molecule has 0 spiro atoms. The molecule has 0 heterocycles. The van der Waals surface area contributed by atoms with E-state index in [1.165, 1.54) is 0 Å². The van der Waals surface area contributed by atoms with E-state index in [1.54, 1.807) is 0 Å². The van der Waals surface area contributed by atoms with Gasteiger partial charge in [0.05, 0.1) is 5.69 Å². The van der Waals surface area contributed by atoms with Crippen LogP contribution in [0.3, 0.4) is 0 Å². The Morgan fingerprint density at radius 2 is 1.69 bits per heavy atom. The lowest BCUT2D eigenvalue weighted by Gasteiger charge is -2.13. The van der Waals surface area contributed by atoms with Crippen LogP contribution in [0, 0.1) is 17.5 Å². The first kappa shape index (κ1) is 12.8. The number of rotatable bonds is 2. The lowest BCUT2D eigenvalue weighted by atomic mass is 10.3. The Kier molecular flexibility index (Phi) is 4.12. The minimum Gasteiger partial charge on any atom is -0.360 e. The summed E-state index contributed by atoms with van der Waals surface area (Å²) in [6.07, 6.45) is 0. The third-order valence-electron chi connectivity index (χ3n) is 1.68. The molecule has 16 heavy (non-hydrogen) atoms. The van der Waals surface area contributed by atoms with E-state index in [2.05, 4.69) is 10.6 Å². The molecule has 0 aliphatic rings. The summed E-state index contributed by atoms with van der Waals surface area (Å²) in [5.41, 5.74) is -0.197. The van der Waals surface area contributed by atoms with Crippen LogP contribution >= 0.6 is 12.2 Å². The largest absolute Gasteiger partial charge is 0.360 e. The van der Waals surface area contributed by atoms with E-state index in [4.69, 9.17) is 12.2 Å². The molecule has 0 fully saturated rings. The molecule has 1 rings (SSSR count). The van der Waals surface area contributed by atoms with Gasteiger partial charge >= 0.3 is 0 Å². The third-order valence-corrected chi connectivity index (χ3v) is 1.90. The monoisotopic (exact) mass is 248 g/mol. The van der Waals surface area contributed by atoms with Crippen molar-refractivity contribution < 1.29 is 13.2 Å². The number of hydrogen-bond donors (Lipinski definition) is 2. The minimum atomic E-state index is -1.23. The Balaban J connectivity index is 2.81. The molecule has 0 aromatic heterocycles. The zero-order valence-electron chi connectivity index (χ0n) is 8.77. The van der Waals surface area contributed by atoms with Crippen LogP contribution in [0.5, 0.6) is 0 Å². The second-order valence-corrected chi connectivity index (χ2v) is 3.91. The van der Waals surface area contributed by atoms with Crippen molar-refractivity contribution in [3.05, 3.63) is 29.6 Å². The van der Waals surface area contributed by atoms with Gasteiger partial charge < -0.3 is 10.6 Å². The summed E-state index contributed by atoms with van der Waals surface area (Å²) in [5, 5.41) is 5.39. The standard InChI is InChI=1S/C10H11F3N2S/c1-5(2)14-10(16)15-9-4-7(12)6(11)3-8(9)13/h3-5H,1-2H3,(H2,14,15,16). The fourth-order valence-electron chi connectivity index (χ4n) is 1.04. The molecule has 0 saturated carbocycles. The lowest BCUT2D eigenvalue weighted by Crippen LogP contribution is -2.34. The van der Waals surface area contributed by atoms with Gasteiger partial charge in [-0.05, 0) is 26.1 Å². The predicted octanol–water partition coefficient (Wildman–Crippen LogP) is 2.80. The van der Waals surface area contributed by atoms with Crippen molar-refractivity contribution in [1.29, 1.82) is 0 Å². The first-order chi connectivity index (χ1) is 7.40. The maximum Gasteiger partial charge on any atom is 0.171 e. The first-order valence-electron chi connectivity index (χ1n) is 4.62. The quantitative estimate of drug-likeness (QED) is 0.621. The number of benzene rings is 1. The number of anilines is 1. The van der Waals surface area contributed by atoms with E-state index < -0.39 is 17.5 Å². The summed E-state index contributed by atoms with van der Waals surface area (Å²) in [5.74, 6) is -3.26. The highest BCUT2D eigenvalue weighted by molar-refractivity contribution is 7.80. The molecule has 0 amide bonds. The summed E-state index contributed by atoms with van der Waals surface area (Å²) in [4.78, 5) is 0. The van der Waals surface area contributed by atoms with Gasteiger partial charge in [0.25, 0.3) is 0 Å². The first-order valence-corrected chi connectivity index (χ1v) is 5.03. The fourth-order valence-corrected chi connectivity index (χ4v) is 1.38. The number of hydrogen-bond acceptors (Lipinski definition) is 1. The maximum atomic E-state index is 13.2. The van der Waals surface area contributed by atoms with Crippen molar-refractivity contribution in [2.75, 3.05) is 5.32 Å². The van der Waals surface area contributed by atoms with Crippen LogP contribution in [0.15, 0.2) is 12.1 Å². The van der Waals surface area contributed by atoms with E-state index in [9.17, 15) is 13.2 Å². The van der Waals surface area contributed by atoms with Crippen LogP contribution in [-0.4, -0.2) is 11.2 Å². The number of thiocarbonyl (C=S) groups is 1. The van der Waals surface area contributed by atoms with E-state index in [-0.39, 0.29) is 16.8 Å². The van der Waals surface area contributed by atoms with Crippen LogP contribution in [0.4, 0.5) is 18.9 Å². The molecule has 2 N–H and O–H groups in total. The Labute approximate surface area is 96.8 Å². The number of halogens is 3. The van der Waals surface area contributed by atoms with E-state index in [0.29, 0.717) is 6.07 Å². The second-order valence-electron chi connectivity index (χ2n) is 3.50. The average Bonchev–Trinajstić information content (AvgIpc) is 2.12. The molecule has 88 valence electrons. The van der Waals surface area contributed by atoms with Crippen molar-refractivity contribution >= 4 is 23.0 Å². The van der Waals surface area contributed by atoms with Gasteiger partial charge in [0, 0.05) is 18.2 Å².